The molecule has 2 rings (SSSR count). The monoisotopic (exact) mass is 282 g/mol. The van der Waals surface area contributed by atoms with Gasteiger partial charge in [0.15, 0.2) is 11.1 Å². The molecule has 0 aliphatic heterocycles. The van der Waals surface area contributed by atoms with E-state index in [1.165, 1.54) is 36.4 Å². The average molecular weight is 282 g/mol. The molecule has 0 saturated carbocycles. The Morgan fingerprint density at radius 1 is 1.11 bits per heavy atom. The molecule has 0 aromatic heterocycles. The van der Waals surface area contributed by atoms with Crippen LogP contribution in [-0.4, -0.2) is 13.9 Å². The first kappa shape index (κ1) is 13.7. The van der Waals surface area contributed by atoms with Crippen LogP contribution in [0.5, 0.6) is 11.5 Å². The van der Waals surface area contributed by atoms with Crippen molar-refractivity contribution >= 4 is 11.1 Å². The summed E-state index contributed by atoms with van der Waals surface area (Å²) in [5.74, 6) is 0.315. The first-order valence-corrected chi connectivity index (χ1v) is 6.48. The zero-order valence-corrected chi connectivity index (χ0v) is 10.6. The highest BCUT2D eigenvalue weighted by molar-refractivity contribution is 7.79. The minimum atomic E-state index is -2.16. The minimum Gasteiger partial charge on any atom is -0.457 e. The van der Waals surface area contributed by atoms with Crippen LogP contribution < -0.4 is 4.74 Å². The lowest BCUT2D eigenvalue weighted by atomic mass is 10.2. The van der Waals surface area contributed by atoms with E-state index in [9.17, 15) is 8.60 Å². The van der Waals surface area contributed by atoms with E-state index in [0.29, 0.717) is 17.1 Å². The second kappa shape index (κ2) is 5.92. The van der Waals surface area contributed by atoms with Crippen molar-refractivity contribution in [3.8, 4) is 11.5 Å². The van der Waals surface area contributed by atoms with E-state index in [-0.39, 0.29) is 17.3 Å². The summed E-state index contributed by atoms with van der Waals surface area (Å²) in [6, 6.07) is 9.71. The van der Waals surface area contributed by atoms with Gasteiger partial charge in [0.25, 0.3) is 0 Å². The molecule has 0 aliphatic rings. The van der Waals surface area contributed by atoms with Gasteiger partial charge in [-0.1, -0.05) is 0 Å². The van der Waals surface area contributed by atoms with Crippen LogP contribution in [0.1, 0.15) is 5.56 Å². The minimum absolute atomic E-state index is 0.128. The van der Waals surface area contributed by atoms with Gasteiger partial charge < -0.3 is 14.4 Å². The molecule has 2 N–H and O–H groups in total. The smallest absolute Gasteiger partial charge is 0.186 e. The Bertz CT molecular complexity index is 598. The highest BCUT2D eigenvalue weighted by Gasteiger charge is 2.07. The van der Waals surface area contributed by atoms with Crippen molar-refractivity contribution in [2.45, 2.75) is 11.5 Å². The van der Waals surface area contributed by atoms with Crippen molar-refractivity contribution < 1.29 is 23.0 Å². The van der Waals surface area contributed by atoms with Gasteiger partial charge in [0.2, 0.25) is 0 Å². The fraction of sp³-hybridized carbons (Fsp3) is 0.0769. The van der Waals surface area contributed by atoms with Gasteiger partial charge in [0, 0.05) is 0 Å². The molecular formula is C13H11FO4S. The Labute approximate surface area is 111 Å². The third-order valence-corrected chi connectivity index (χ3v) is 3.01. The zero-order valence-electron chi connectivity index (χ0n) is 9.75. The van der Waals surface area contributed by atoms with E-state index in [1.807, 2.05) is 0 Å². The SMILES string of the molecule is O=S(O)c1cc(CO)cc(Oc2ccc(F)cc2)c1. The number of hydrogen-bond acceptors (Lipinski definition) is 3. The fourth-order valence-electron chi connectivity index (χ4n) is 1.52. The van der Waals surface area contributed by atoms with Crippen LogP contribution >= 0.6 is 0 Å². The molecule has 0 bridgehead atoms. The van der Waals surface area contributed by atoms with Crippen LogP contribution in [0.15, 0.2) is 47.4 Å². The first-order chi connectivity index (χ1) is 9.08. The summed E-state index contributed by atoms with van der Waals surface area (Å²) in [6.45, 7) is -0.273. The Balaban J connectivity index is 2.31. The normalized spacial score (nSPS) is 12.2. The first-order valence-electron chi connectivity index (χ1n) is 5.37. The second-order valence-corrected chi connectivity index (χ2v) is 4.75. The topological polar surface area (TPSA) is 66.8 Å². The number of halogens is 1. The molecule has 0 heterocycles. The van der Waals surface area contributed by atoms with E-state index < -0.39 is 11.1 Å². The summed E-state index contributed by atoms with van der Waals surface area (Å²) < 4.78 is 38.3. The maximum absolute atomic E-state index is 12.8. The van der Waals surface area contributed by atoms with Gasteiger partial charge in [0.1, 0.15) is 17.3 Å². The predicted octanol–water partition coefficient (Wildman–Crippen LogP) is 2.69. The Kier molecular flexibility index (Phi) is 4.26. The summed E-state index contributed by atoms with van der Waals surface area (Å²) in [5, 5.41) is 9.09. The predicted molar refractivity (Wildman–Crippen MR) is 67.9 cm³/mol. The number of ether oxygens (including phenoxy) is 1. The molecule has 0 fully saturated rings. The van der Waals surface area contributed by atoms with Gasteiger partial charge in [-0.2, -0.15) is 0 Å². The maximum Gasteiger partial charge on any atom is 0.186 e. The number of aliphatic hydroxyl groups excluding tert-OH is 1. The number of benzene rings is 2. The van der Waals surface area contributed by atoms with Gasteiger partial charge in [-0.15, -0.1) is 0 Å². The largest absolute Gasteiger partial charge is 0.457 e. The van der Waals surface area contributed by atoms with Gasteiger partial charge >= 0.3 is 0 Å². The summed E-state index contributed by atoms with van der Waals surface area (Å²) in [6.07, 6.45) is 0. The average Bonchev–Trinajstić information content (AvgIpc) is 2.41. The van der Waals surface area contributed by atoms with E-state index in [0.717, 1.165) is 0 Å². The van der Waals surface area contributed by atoms with E-state index >= 15 is 0 Å². The van der Waals surface area contributed by atoms with Crippen LogP contribution in [0, 0.1) is 5.82 Å². The second-order valence-electron chi connectivity index (χ2n) is 3.78. The molecule has 0 spiro atoms. The van der Waals surface area contributed by atoms with Gasteiger partial charge in [-0.05, 0) is 48.0 Å². The number of hydrogen-bond donors (Lipinski definition) is 2. The molecule has 0 amide bonds. The van der Waals surface area contributed by atoms with E-state index in [2.05, 4.69) is 0 Å². The van der Waals surface area contributed by atoms with Gasteiger partial charge in [-0.3, -0.25) is 0 Å². The molecule has 2 aromatic carbocycles. The van der Waals surface area contributed by atoms with Crippen molar-refractivity contribution in [1.29, 1.82) is 0 Å². The highest BCUT2D eigenvalue weighted by Crippen LogP contribution is 2.25. The van der Waals surface area contributed by atoms with Gasteiger partial charge in [-0.25, -0.2) is 8.60 Å². The summed E-state index contributed by atoms with van der Waals surface area (Å²) >= 11 is -2.16. The fourth-order valence-corrected chi connectivity index (χ4v) is 1.99. The standard InChI is InChI=1S/C13H11FO4S/c14-10-1-3-11(4-2-10)18-12-5-9(8-15)6-13(7-12)19(16)17/h1-7,15H,8H2,(H,16,17). The molecule has 100 valence electrons. The Morgan fingerprint density at radius 2 is 1.79 bits per heavy atom. The molecule has 6 heteroatoms. The van der Waals surface area contributed by atoms with Crippen molar-refractivity contribution in [3.63, 3.8) is 0 Å². The lowest BCUT2D eigenvalue weighted by Crippen LogP contribution is -1.94. The number of rotatable bonds is 4. The molecule has 19 heavy (non-hydrogen) atoms. The van der Waals surface area contributed by atoms with Crippen molar-refractivity contribution in [2.75, 3.05) is 0 Å². The third-order valence-electron chi connectivity index (χ3n) is 2.37. The van der Waals surface area contributed by atoms with Crippen LogP contribution in [0.3, 0.4) is 0 Å². The number of aliphatic hydroxyl groups is 1. The van der Waals surface area contributed by atoms with Gasteiger partial charge in [0.05, 0.1) is 11.5 Å². The van der Waals surface area contributed by atoms with Crippen molar-refractivity contribution in [2.24, 2.45) is 0 Å². The highest BCUT2D eigenvalue weighted by atomic mass is 32.2. The summed E-state index contributed by atoms with van der Waals surface area (Å²) in [5.41, 5.74) is 0.456. The molecule has 0 aliphatic carbocycles. The lowest BCUT2D eigenvalue weighted by Gasteiger charge is -2.08. The third kappa shape index (κ3) is 3.60. The van der Waals surface area contributed by atoms with Crippen LogP contribution in [0.25, 0.3) is 0 Å². The van der Waals surface area contributed by atoms with Crippen LogP contribution in [-0.2, 0) is 17.7 Å². The zero-order chi connectivity index (χ0) is 13.8. The van der Waals surface area contributed by atoms with Crippen LogP contribution in [0.4, 0.5) is 4.39 Å². The molecule has 1 atom stereocenters. The Morgan fingerprint density at radius 3 is 2.37 bits per heavy atom. The molecule has 1 unspecified atom stereocenters. The summed E-state index contributed by atoms with van der Waals surface area (Å²) in [4.78, 5) is 0.128. The van der Waals surface area contributed by atoms with E-state index in [1.54, 1.807) is 6.07 Å². The molecule has 4 nitrogen and oxygen atoms in total. The van der Waals surface area contributed by atoms with Crippen LogP contribution in [0.2, 0.25) is 0 Å². The molecule has 2 aromatic rings. The molecule has 0 radical (unpaired) electrons. The maximum atomic E-state index is 12.8. The summed E-state index contributed by atoms with van der Waals surface area (Å²) in [7, 11) is 0. The quantitative estimate of drug-likeness (QED) is 0.846. The molecular weight excluding hydrogens is 271 g/mol. The molecule has 0 saturated heterocycles. The van der Waals surface area contributed by atoms with Crippen molar-refractivity contribution in [1.82, 2.24) is 0 Å². The lowest BCUT2D eigenvalue weighted by molar-refractivity contribution is 0.281. The Hall–Kier alpha value is -1.76. The van der Waals surface area contributed by atoms with Crippen molar-refractivity contribution in [3.05, 3.63) is 53.8 Å². The van der Waals surface area contributed by atoms with E-state index in [4.69, 9.17) is 14.4 Å².